The summed E-state index contributed by atoms with van der Waals surface area (Å²) in [4.78, 5) is 50.6. The van der Waals surface area contributed by atoms with E-state index in [2.05, 4.69) is 5.32 Å². The van der Waals surface area contributed by atoms with Crippen LogP contribution in [0, 0.1) is 11.8 Å². The Labute approximate surface area is 167 Å². The van der Waals surface area contributed by atoms with E-state index in [0.717, 1.165) is 0 Å². The van der Waals surface area contributed by atoms with Crippen LogP contribution >= 0.6 is 0 Å². The highest BCUT2D eigenvalue weighted by molar-refractivity contribution is 6.00. The van der Waals surface area contributed by atoms with Gasteiger partial charge >= 0.3 is 5.97 Å². The summed E-state index contributed by atoms with van der Waals surface area (Å²) >= 11 is 0. The number of anilines is 1. The smallest absolute Gasteiger partial charge is 0.325 e. The number of fused-ring (bicyclic) bond motifs is 1. The second kappa shape index (κ2) is 7.11. The van der Waals surface area contributed by atoms with Crippen LogP contribution in [-0.4, -0.2) is 59.9 Å². The van der Waals surface area contributed by atoms with Crippen molar-refractivity contribution < 1.29 is 28.7 Å². The minimum Gasteiger partial charge on any atom is -0.465 e. The highest BCUT2D eigenvalue weighted by atomic mass is 16.5. The monoisotopic (exact) mass is 398 g/mol. The summed E-state index contributed by atoms with van der Waals surface area (Å²) in [5, 5.41) is 2.81. The maximum Gasteiger partial charge on any atom is 0.325 e. The van der Waals surface area contributed by atoms with Crippen LogP contribution < -0.4 is 5.32 Å². The summed E-state index contributed by atoms with van der Waals surface area (Å²) < 4.78 is 11.0. The van der Waals surface area contributed by atoms with Crippen LogP contribution in [0.1, 0.15) is 24.2 Å². The molecule has 8 heteroatoms. The van der Waals surface area contributed by atoms with Crippen molar-refractivity contribution in [1.29, 1.82) is 0 Å². The van der Waals surface area contributed by atoms with Crippen molar-refractivity contribution in [2.24, 2.45) is 11.8 Å². The number of carbonyl (C=O) groups is 4. The Morgan fingerprint density at radius 3 is 2.66 bits per heavy atom. The molecule has 152 valence electrons. The Bertz CT molecular complexity index is 908. The maximum atomic E-state index is 13.0. The van der Waals surface area contributed by atoms with Crippen LogP contribution in [0.4, 0.5) is 5.69 Å². The molecular weight excluding hydrogens is 376 g/mol. The quantitative estimate of drug-likeness (QED) is 0.439. The van der Waals surface area contributed by atoms with Crippen molar-refractivity contribution in [2.75, 3.05) is 25.0 Å². The molecule has 2 fully saturated rings. The van der Waals surface area contributed by atoms with Crippen LogP contribution in [0.15, 0.2) is 36.4 Å². The molecule has 0 aliphatic carbocycles. The number of ether oxygens (including phenoxy) is 2. The van der Waals surface area contributed by atoms with Gasteiger partial charge in [0.05, 0.1) is 31.1 Å². The van der Waals surface area contributed by atoms with Crippen molar-refractivity contribution in [1.82, 2.24) is 4.90 Å². The molecule has 0 radical (unpaired) electrons. The van der Waals surface area contributed by atoms with Gasteiger partial charge in [0.15, 0.2) is 5.78 Å². The number of esters is 1. The van der Waals surface area contributed by atoms with Gasteiger partial charge in [0.1, 0.15) is 12.1 Å². The average molecular weight is 398 g/mol. The van der Waals surface area contributed by atoms with Gasteiger partial charge in [-0.1, -0.05) is 12.2 Å². The summed E-state index contributed by atoms with van der Waals surface area (Å²) in [6, 6.07) is 6.58. The number of hydrogen-bond acceptors (Lipinski definition) is 6. The van der Waals surface area contributed by atoms with Gasteiger partial charge in [0, 0.05) is 11.3 Å². The van der Waals surface area contributed by atoms with Gasteiger partial charge in [0.2, 0.25) is 11.8 Å². The highest BCUT2D eigenvalue weighted by Crippen LogP contribution is 2.52. The lowest BCUT2D eigenvalue weighted by molar-refractivity contribution is -0.148. The fourth-order valence-electron chi connectivity index (χ4n) is 4.39. The molecule has 3 heterocycles. The normalized spacial score (nSPS) is 29.1. The molecule has 3 aliphatic heterocycles. The van der Waals surface area contributed by atoms with Gasteiger partial charge in [0.25, 0.3) is 0 Å². The fourth-order valence-corrected chi connectivity index (χ4v) is 4.39. The molecule has 29 heavy (non-hydrogen) atoms. The summed E-state index contributed by atoms with van der Waals surface area (Å²) in [7, 11) is 0. The van der Waals surface area contributed by atoms with E-state index in [4.69, 9.17) is 9.47 Å². The molecule has 0 aromatic heterocycles. The maximum absolute atomic E-state index is 13.0. The van der Waals surface area contributed by atoms with E-state index in [9.17, 15) is 19.2 Å². The molecule has 3 aliphatic rings. The number of amides is 2. The van der Waals surface area contributed by atoms with Crippen molar-refractivity contribution in [2.45, 2.75) is 25.6 Å². The first-order valence-electron chi connectivity index (χ1n) is 9.58. The molecule has 1 aromatic carbocycles. The SMILES string of the molecule is CCOC(=O)CN1C[C@@]23C=C[C@@H](O2)[C@@H](C(=O)Nc2ccc(C(C)=O)cc2)[C@@H]3C1=O. The zero-order valence-electron chi connectivity index (χ0n) is 16.2. The van der Waals surface area contributed by atoms with Gasteiger partial charge in [-0.2, -0.15) is 0 Å². The third-order valence-corrected chi connectivity index (χ3v) is 5.67. The minimum atomic E-state index is -0.880. The number of carbonyl (C=O) groups excluding carboxylic acids is 4. The van der Waals surface area contributed by atoms with Crippen molar-refractivity contribution in [3.63, 3.8) is 0 Å². The molecule has 0 saturated carbocycles. The fraction of sp³-hybridized carbons (Fsp3) is 0.429. The second-order valence-corrected chi connectivity index (χ2v) is 7.52. The van der Waals surface area contributed by atoms with E-state index in [0.29, 0.717) is 11.3 Å². The van der Waals surface area contributed by atoms with Gasteiger partial charge in [-0.15, -0.1) is 0 Å². The Morgan fingerprint density at radius 1 is 1.28 bits per heavy atom. The Hall–Kier alpha value is -3.00. The summed E-state index contributed by atoms with van der Waals surface area (Å²) in [5.74, 6) is -2.52. The molecule has 1 aromatic rings. The number of benzene rings is 1. The number of nitrogens with zero attached hydrogens (tertiary/aromatic N) is 1. The lowest BCUT2D eigenvalue weighted by Crippen LogP contribution is -2.41. The van der Waals surface area contributed by atoms with Crippen molar-refractivity contribution in [3.05, 3.63) is 42.0 Å². The minimum absolute atomic E-state index is 0.0605. The Morgan fingerprint density at radius 2 is 2.00 bits per heavy atom. The number of ketones is 1. The largest absolute Gasteiger partial charge is 0.465 e. The molecule has 2 amide bonds. The first-order valence-corrected chi connectivity index (χ1v) is 9.58. The van der Waals surface area contributed by atoms with E-state index in [1.165, 1.54) is 11.8 Å². The van der Waals surface area contributed by atoms with Crippen LogP contribution in [0.5, 0.6) is 0 Å². The summed E-state index contributed by atoms with van der Waals surface area (Å²) in [6.45, 7) is 3.47. The highest BCUT2D eigenvalue weighted by Gasteiger charge is 2.66. The molecule has 1 N–H and O–H groups in total. The van der Waals surface area contributed by atoms with E-state index < -0.39 is 29.5 Å². The first-order chi connectivity index (χ1) is 13.8. The molecule has 2 saturated heterocycles. The number of likely N-dealkylation sites (tertiary alicyclic amines) is 1. The molecule has 0 unspecified atom stereocenters. The zero-order chi connectivity index (χ0) is 20.8. The number of rotatable bonds is 6. The Kier molecular flexibility index (Phi) is 4.74. The predicted octanol–water partition coefficient (Wildman–Crippen LogP) is 1.17. The van der Waals surface area contributed by atoms with Crippen LogP contribution in [0.25, 0.3) is 0 Å². The third-order valence-electron chi connectivity index (χ3n) is 5.67. The third kappa shape index (κ3) is 3.23. The van der Waals surface area contributed by atoms with Crippen LogP contribution in [-0.2, 0) is 23.9 Å². The summed E-state index contributed by atoms with van der Waals surface area (Å²) in [6.07, 6.45) is 3.16. The van der Waals surface area contributed by atoms with Gasteiger partial charge in [-0.3, -0.25) is 19.2 Å². The molecule has 4 atom stereocenters. The number of hydrogen-bond donors (Lipinski definition) is 1. The van der Waals surface area contributed by atoms with Crippen LogP contribution in [0.2, 0.25) is 0 Å². The van der Waals surface area contributed by atoms with Crippen molar-refractivity contribution in [3.8, 4) is 0 Å². The average Bonchev–Trinajstić information content (AvgIpc) is 3.31. The van der Waals surface area contributed by atoms with Gasteiger partial charge < -0.3 is 19.7 Å². The van der Waals surface area contributed by atoms with Gasteiger partial charge in [-0.25, -0.2) is 0 Å². The molecule has 1 spiro atoms. The predicted molar refractivity (Wildman–Crippen MR) is 102 cm³/mol. The summed E-state index contributed by atoms with van der Waals surface area (Å²) in [5.41, 5.74) is 0.206. The molecule has 8 nitrogen and oxygen atoms in total. The molecule has 2 bridgehead atoms. The second-order valence-electron chi connectivity index (χ2n) is 7.52. The van der Waals surface area contributed by atoms with E-state index in [-0.39, 0.29) is 37.3 Å². The number of Topliss-reactive ketones (excluding diaryl/α,β-unsaturated/α-hetero) is 1. The topological polar surface area (TPSA) is 102 Å². The Balaban J connectivity index is 1.50. The molecule has 4 rings (SSSR count). The van der Waals surface area contributed by atoms with E-state index in [1.54, 1.807) is 37.3 Å². The van der Waals surface area contributed by atoms with E-state index >= 15 is 0 Å². The first kappa shape index (κ1) is 19.3. The zero-order valence-corrected chi connectivity index (χ0v) is 16.2. The standard InChI is InChI=1S/C21H22N2O6/c1-3-28-16(25)10-23-11-21-9-8-15(29-21)17(18(21)20(23)27)19(26)22-14-6-4-13(5-7-14)12(2)24/h4-9,15,17-18H,3,10-11H2,1-2H3,(H,22,26)/t15-,17-,18-,21-/m1/s1. The molecular formula is C21H22N2O6. The lowest BCUT2D eigenvalue weighted by atomic mass is 9.77. The number of nitrogens with one attached hydrogen (secondary N) is 1. The van der Waals surface area contributed by atoms with Gasteiger partial charge in [-0.05, 0) is 38.1 Å². The van der Waals surface area contributed by atoms with E-state index in [1.807, 2.05) is 6.08 Å². The van der Waals surface area contributed by atoms with Crippen LogP contribution in [0.3, 0.4) is 0 Å². The van der Waals surface area contributed by atoms with Crippen molar-refractivity contribution >= 4 is 29.3 Å². The lowest BCUT2D eigenvalue weighted by Gasteiger charge is -2.23.